The Kier molecular flexibility index (Phi) is 6.21. The molecule has 0 spiro atoms. The molecule has 0 aliphatic carbocycles. The van der Waals surface area contributed by atoms with Crippen LogP contribution in [0, 0.1) is 0 Å². The number of pyridine rings is 1. The van der Waals surface area contributed by atoms with Crippen LogP contribution in [0.4, 0.5) is 5.82 Å². The zero-order valence-electron chi connectivity index (χ0n) is 17.0. The number of hydrogen-bond donors (Lipinski definition) is 2. The van der Waals surface area contributed by atoms with Gasteiger partial charge in [0.05, 0.1) is 37.0 Å². The predicted octanol–water partition coefficient (Wildman–Crippen LogP) is 2.76. The molecule has 8 nitrogen and oxygen atoms in total. The van der Waals surface area contributed by atoms with E-state index in [9.17, 15) is 0 Å². The van der Waals surface area contributed by atoms with E-state index in [0.717, 1.165) is 48.1 Å². The van der Waals surface area contributed by atoms with Crippen molar-refractivity contribution in [2.75, 3.05) is 31.6 Å². The molecule has 1 unspecified atom stereocenters. The van der Waals surface area contributed by atoms with Gasteiger partial charge in [-0.3, -0.25) is 9.38 Å². The molecule has 1 saturated heterocycles. The lowest BCUT2D eigenvalue weighted by atomic mass is 10.1. The molecule has 3 aromatic rings. The van der Waals surface area contributed by atoms with Crippen molar-refractivity contribution in [1.82, 2.24) is 24.7 Å². The summed E-state index contributed by atoms with van der Waals surface area (Å²) in [4.78, 5) is 13.6. The van der Waals surface area contributed by atoms with E-state index in [4.69, 9.17) is 14.5 Å². The van der Waals surface area contributed by atoms with E-state index in [2.05, 4.69) is 20.6 Å². The molecule has 0 bridgehead atoms. The highest BCUT2D eigenvalue weighted by Gasteiger charge is 2.14. The van der Waals surface area contributed by atoms with Gasteiger partial charge in [0.15, 0.2) is 0 Å². The lowest BCUT2D eigenvalue weighted by molar-refractivity contribution is 0.0553. The van der Waals surface area contributed by atoms with Crippen LogP contribution in [0.1, 0.15) is 26.7 Å². The van der Waals surface area contributed by atoms with Crippen LogP contribution in [0.15, 0.2) is 36.9 Å². The molecular formula is C21H28N6O2. The third kappa shape index (κ3) is 5.02. The molecule has 0 aromatic carbocycles. The predicted molar refractivity (Wildman–Crippen MR) is 112 cm³/mol. The molecule has 1 fully saturated rings. The first-order valence-corrected chi connectivity index (χ1v) is 10.2. The number of hydrogen-bond acceptors (Lipinski definition) is 7. The molecule has 154 valence electrons. The van der Waals surface area contributed by atoms with E-state index in [0.29, 0.717) is 19.3 Å². The Morgan fingerprint density at radius 1 is 1.28 bits per heavy atom. The second-order valence-corrected chi connectivity index (χ2v) is 7.48. The summed E-state index contributed by atoms with van der Waals surface area (Å²) in [6.07, 6.45) is 9.82. The van der Waals surface area contributed by atoms with E-state index >= 15 is 0 Å². The van der Waals surface area contributed by atoms with Crippen molar-refractivity contribution >= 4 is 11.5 Å². The molecule has 0 saturated carbocycles. The molecule has 8 heteroatoms. The molecule has 29 heavy (non-hydrogen) atoms. The average molecular weight is 396 g/mol. The van der Waals surface area contributed by atoms with E-state index in [1.807, 2.05) is 42.8 Å². The number of nitrogens with zero attached hydrogens (tertiary/aromatic N) is 4. The number of fused-ring (bicyclic) bond motifs is 1. The Balaban J connectivity index is 1.47. The van der Waals surface area contributed by atoms with Crippen LogP contribution < -0.4 is 15.4 Å². The molecule has 1 atom stereocenters. The highest BCUT2D eigenvalue weighted by molar-refractivity contribution is 5.61. The quantitative estimate of drug-likeness (QED) is 0.566. The van der Waals surface area contributed by atoms with Crippen LogP contribution in [0.2, 0.25) is 0 Å². The minimum Gasteiger partial charge on any atom is -0.491 e. The zero-order valence-corrected chi connectivity index (χ0v) is 17.0. The maximum Gasteiger partial charge on any atom is 0.145 e. The van der Waals surface area contributed by atoms with Gasteiger partial charge in [-0.1, -0.05) is 0 Å². The molecule has 0 radical (unpaired) electrons. The summed E-state index contributed by atoms with van der Waals surface area (Å²) in [5.41, 5.74) is 2.48. The van der Waals surface area contributed by atoms with Gasteiger partial charge in [-0.05, 0) is 39.3 Å². The van der Waals surface area contributed by atoms with Crippen molar-refractivity contribution in [2.24, 2.45) is 0 Å². The van der Waals surface area contributed by atoms with Crippen LogP contribution in [-0.4, -0.2) is 57.8 Å². The molecule has 3 aromatic heterocycles. The van der Waals surface area contributed by atoms with Crippen molar-refractivity contribution in [2.45, 2.75) is 38.8 Å². The number of rotatable bonds is 8. The lowest BCUT2D eigenvalue weighted by Crippen LogP contribution is -2.38. The number of aromatic nitrogens is 4. The zero-order chi connectivity index (χ0) is 20.1. The molecule has 2 N–H and O–H groups in total. The van der Waals surface area contributed by atoms with Crippen molar-refractivity contribution in [1.29, 1.82) is 0 Å². The van der Waals surface area contributed by atoms with Gasteiger partial charge in [0, 0.05) is 24.8 Å². The molecule has 4 rings (SSSR count). The third-order valence-corrected chi connectivity index (χ3v) is 4.83. The first kappa shape index (κ1) is 19.6. The first-order chi connectivity index (χ1) is 14.2. The summed E-state index contributed by atoms with van der Waals surface area (Å²) in [6, 6.07) is 4.23. The fraction of sp³-hybridized carbons (Fsp3) is 0.476. The maximum absolute atomic E-state index is 5.76. The van der Waals surface area contributed by atoms with E-state index in [1.54, 1.807) is 12.4 Å². The largest absolute Gasteiger partial charge is 0.491 e. The Bertz CT molecular complexity index is 936. The standard InChI is InChI=1S/C21H28N6O2/c1-15(2)28-8-9-29-17-5-7-27-19(13-24-21(27)10-17)18-12-23-14-20(26-18)25-16-4-3-6-22-11-16/h5,7,10,12-16,22H,3-4,6,8-9,11H2,1-2H3,(H,25,26). The van der Waals surface area contributed by atoms with Crippen LogP contribution >= 0.6 is 0 Å². The molecule has 0 amide bonds. The fourth-order valence-electron chi connectivity index (χ4n) is 3.43. The second kappa shape index (κ2) is 9.19. The Morgan fingerprint density at radius 3 is 3.03 bits per heavy atom. The summed E-state index contributed by atoms with van der Waals surface area (Å²) in [6.45, 7) is 7.13. The van der Waals surface area contributed by atoms with Gasteiger partial charge >= 0.3 is 0 Å². The molecular weight excluding hydrogens is 368 g/mol. The van der Waals surface area contributed by atoms with E-state index < -0.39 is 0 Å². The monoisotopic (exact) mass is 396 g/mol. The minimum absolute atomic E-state index is 0.205. The molecule has 1 aliphatic heterocycles. The topological polar surface area (TPSA) is 85.6 Å². The summed E-state index contributed by atoms with van der Waals surface area (Å²) in [5.74, 6) is 1.56. The van der Waals surface area contributed by atoms with Gasteiger partial charge < -0.3 is 20.1 Å². The maximum atomic E-state index is 5.76. The second-order valence-electron chi connectivity index (χ2n) is 7.48. The summed E-state index contributed by atoms with van der Waals surface area (Å²) < 4.78 is 13.3. The molecule has 4 heterocycles. The van der Waals surface area contributed by atoms with Crippen molar-refractivity contribution < 1.29 is 9.47 Å². The van der Waals surface area contributed by atoms with Gasteiger partial charge in [-0.25, -0.2) is 9.97 Å². The van der Waals surface area contributed by atoms with Gasteiger partial charge in [0.25, 0.3) is 0 Å². The van der Waals surface area contributed by atoms with Crippen LogP contribution in [0.3, 0.4) is 0 Å². The average Bonchev–Trinajstić information content (AvgIpc) is 3.15. The number of ether oxygens (including phenoxy) is 2. The first-order valence-electron chi connectivity index (χ1n) is 10.2. The highest BCUT2D eigenvalue weighted by Crippen LogP contribution is 2.22. The van der Waals surface area contributed by atoms with Crippen LogP contribution in [0.5, 0.6) is 5.75 Å². The van der Waals surface area contributed by atoms with Crippen LogP contribution in [0.25, 0.3) is 17.0 Å². The smallest absolute Gasteiger partial charge is 0.145 e. The van der Waals surface area contributed by atoms with E-state index in [1.165, 1.54) is 6.42 Å². The number of anilines is 1. The summed E-state index contributed by atoms with van der Waals surface area (Å²) >= 11 is 0. The third-order valence-electron chi connectivity index (χ3n) is 4.83. The van der Waals surface area contributed by atoms with Crippen molar-refractivity contribution in [3.63, 3.8) is 0 Å². The summed E-state index contributed by atoms with van der Waals surface area (Å²) in [7, 11) is 0. The van der Waals surface area contributed by atoms with Gasteiger partial charge in [0.1, 0.15) is 29.5 Å². The van der Waals surface area contributed by atoms with Crippen molar-refractivity contribution in [3.05, 3.63) is 36.9 Å². The highest BCUT2D eigenvalue weighted by atomic mass is 16.5. The Labute approximate surface area is 170 Å². The SMILES string of the molecule is CC(C)OCCOc1ccn2c(-c3cncc(NC4CCCNC4)n3)cnc2c1. The fourth-order valence-corrected chi connectivity index (χ4v) is 3.43. The van der Waals surface area contributed by atoms with Crippen molar-refractivity contribution in [3.8, 4) is 17.1 Å². The van der Waals surface area contributed by atoms with Gasteiger partial charge in [0.2, 0.25) is 0 Å². The number of nitrogens with one attached hydrogen (secondary N) is 2. The number of piperidine rings is 1. The van der Waals surface area contributed by atoms with Gasteiger partial charge in [-0.2, -0.15) is 0 Å². The van der Waals surface area contributed by atoms with Gasteiger partial charge in [-0.15, -0.1) is 0 Å². The lowest BCUT2D eigenvalue weighted by Gasteiger charge is -2.24. The Hall–Kier alpha value is -2.71. The molecule has 1 aliphatic rings. The van der Waals surface area contributed by atoms with E-state index in [-0.39, 0.29) is 6.10 Å². The summed E-state index contributed by atoms with van der Waals surface area (Å²) in [5, 5.41) is 6.89. The Morgan fingerprint density at radius 2 is 2.21 bits per heavy atom. The number of imidazole rings is 1. The minimum atomic E-state index is 0.205. The van der Waals surface area contributed by atoms with Crippen LogP contribution in [-0.2, 0) is 4.74 Å². The normalized spacial score (nSPS) is 17.0.